The van der Waals surface area contributed by atoms with E-state index in [1.54, 1.807) is 38.2 Å². The SMILES string of the molecule is Cc1nn(-c2ccc(OCc3cccc(C#N)c3)cc2F)c(=O)n1C. The van der Waals surface area contributed by atoms with Crippen LogP contribution in [-0.4, -0.2) is 14.3 Å². The Balaban J connectivity index is 1.81. The molecule has 3 rings (SSSR count). The van der Waals surface area contributed by atoms with Gasteiger partial charge in [-0.15, -0.1) is 0 Å². The predicted molar refractivity (Wildman–Crippen MR) is 89.0 cm³/mol. The average molecular weight is 338 g/mol. The monoisotopic (exact) mass is 338 g/mol. The summed E-state index contributed by atoms with van der Waals surface area (Å²) in [6.45, 7) is 1.87. The van der Waals surface area contributed by atoms with Crippen LogP contribution in [0.15, 0.2) is 47.3 Å². The van der Waals surface area contributed by atoms with E-state index in [2.05, 4.69) is 11.2 Å². The molecule has 0 bridgehead atoms. The molecule has 0 aliphatic rings. The molecule has 126 valence electrons. The predicted octanol–water partition coefficient (Wildman–Crippen LogP) is 2.47. The largest absolute Gasteiger partial charge is 0.489 e. The minimum atomic E-state index is -0.608. The molecule has 0 radical (unpaired) electrons. The van der Waals surface area contributed by atoms with Gasteiger partial charge in [0.15, 0.2) is 5.82 Å². The van der Waals surface area contributed by atoms with Crippen LogP contribution in [-0.2, 0) is 13.7 Å². The van der Waals surface area contributed by atoms with E-state index in [4.69, 9.17) is 10.00 Å². The van der Waals surface area contributed by atoms with Gasteiger partial charge < -0.3 is 4.74 Å². The zero-order chi connectivity index (χ0) is 18.0. The molecule has 0 saturated carbocycles. The minimum absolute atomic E-state index is 0.0625. The molecule has 0 saturated heterocycles. The number of nitriles is 1. The lowest BCUT2D eigenvalue weighted by molar-refractivity contribution is 0.304. The Morgan fingerprint density at radius 2 is 2.08 bits per heavy atom. The van der Waals surface area contributed by atoms with Gasteiger partial charge in [-0.05, 0) is 36.8 Å². The van der Waals surface area contributed by atoms with Gasteiger partial charge in [0.25, 0.3) is 0 Å². The molecule has 0 spiro atoms. The van der Waals surface area contributed by atoms with Crippen molar-refractivity contribution < 1.29 is 9.13 Å². The molecule has 7 heteroatoms. The van der Waals surface area contributed by atoms with E-state index in [0.717, 1.165) is 10.2 Å². The van der Waals surface area contributed by atoms with Crippen molar-refractivity contribution >= 4 is 0 Å². The molecular weight excluding hydrogens is 323 g/mol. The molecule has 0 aliphatic carbocycles. The Hall–Kier alpha value is -3.40. The standard InChI is InChI=1S/C18H15FN4O2/c1-12-21-23(18(24)22(12)2)17-7-6-15(9-16(17)19)25-11-14-5-3-4-13(8-14)10-20/h3-9H,11H2,1-2H3. The smallest absolute Gasteiger partial charge is 0.350 e. The Bertz CT molecular complexity index is 1030. The van der Waals surface area contributed by atoms with Crippen molar-refractivity contribution in [2.75, 3.05) is 0 Å². The lowest BCUT2D eigenvalue weighted by Gasteiger charge is -2.08. The molecule has 0 aliphatic heterocycles. The number of hydrogen-bond donors (Lipinski definition) is 0. The third-order valence-electron chi connectivity index (χ3n) is 3.81. The Morgan fingerprint density at radius 3 is 2.72 bits per heavy atom. The van der Waals surface area contributed by atoms with Crippen molar-refractivity contribution in [2.24, 2.45) is 7.05 Å². The van der Waals surface area contributed by atoms with Gasteiger partial charge in [-0.2, -0.15) is 15.0 Å². The van der Waals surface area contributed by atoms with Gasteiger partial charge in [0, 0.05) is 13.1 Å². The average Bonchev–Trinajstić information content (AvgIpc) is 2.87. The number of halogens is 1. The van der Waals surface area contributed by atoms with Crippen LogP contribution < -0.4 is 10.4 Å². The van der Waals surface area contributed by atoms with E-state index in [1.165, 1.54) is 16.7 Å². The number of aryl methyl sites for hydroxylation is 1. The molecule has 1 aromatic heterocycles. The molecule has 0 fully saturated rings. The van der Waals surface area contributed by atoms with E-state index in [-0.39, 0.29) is 12.3 Å². The number of aromatic nitrogens is 3. The van der Waals surface area contributed by atoms with Crippen molar-refractivity contribution in [2.45, 2.75) is 13.5 Å². The summed E-state index contributed by atoms with van der Waals surface area (Å²) in [5.74, 6) is 0.204. The fourth-order valence-corrected chi connectivity index (χ4v) is 2.34. The van der Waals surface area contributed by atoms with Crippen LogP contribution in [0.4, 0.5) is 4.39 Å². The van der Waals surface area contributed by atoms with Crippen LogP contribution in [0.3, 0.4) is 0 Å². The second-order valence-electron chi connectivity index (χ2n) is 5.51. The van der Waals surface area contributed by atoms with Gasteiger partial charge in [0.05, 0.1) is 11.6 Å². The molecule has 6 nitrogen and oxygen atoms in total. The van der Waals surface area contributed by atoms with Gasteiger partial charge in [0.1, 0.15) is 23.9 Å². The quantitative estimate of drug-likeness (QED) is 0.732. The molecule has 25 heavy (non-hydrogen) atoms. The fourth-order valence-electron chi connectivity index (χ4n) is 2.34. The second kappa shape index (κ2) is 6.61. The maximum absolute atomic E-state index is 14.4. The van der Waals surface area contributed by atoms with E-state index < -0.39 is 11.5 Å². The molecule has 0 atom stereocenters. The molecule has 1 heterocycles. The summed E-state index contributed by atoms with van der Waals surface area (Å²) in [5.41, 5.74) is 0.985. The van der Waals surface area contributed by atoms with Crippen LogP contribution in [0.1, 0.15) is 17.0 Å². The first-order valence-corrected chi connectivity index (χ1v) is 7.54. The lowest BCUT2D eigenvalue weighted by Crippen LogP contribution is -2.22. The summed E-state index contributed by atoms with van der Waals surface area (Å²) in [4.78, 5) is 12.0. The van der Waals surface area contributed by atoms with Gasteiger partial charge in [0.2, 0.25) is 0 Å². The molecule has 2 aromatic carbocycles. The molecule has 0 amide bonds. The van der Waals surface area contributed by atoms with Crippen molar-refractivity contribution in [1.29, 1.82) is 5.26 Å². The Morgan fingerprint density at radius 1 is 1.28 bits per heavy atom. The third-order valence-corrected chi connectivity index (χ3v) is 3.81. The minimum Gasteiger partial charge on any atom is -0.489 e. The molecule has 0 N–H and O–H groups in total. The summed E-state index contributed by atoms with van der Waals surface area (Å²) in [6.07, 6.45) is 0. The van der Waals surface area contributed by atoms with Gasteiger partial charge >= 0.3 is 5.69 Å². The maximum Gasteiger partial charge on any atom is 0.350 e. The number of nitrogens with zero attached hydrogens (tertiary/aromatic N) is 4. The zero-order valence-corrected chi connectivity index (χ0v) is 13.7. The highest BCUT2D eigenvalue weighted by molar-refractivity contribution is 5.39. The van der Waals surface area contributed by atoms with Crippen molar-refractivity contribution in [3.05, 3.63) is 75.7 Å². The number of hydrogen-bond acceptors (Lipinski definition) is 4. The molecule has 3 aromatic rings. The fraction of sp³-hybridized carbons (Fsp3) is 0.167. The summed E-state index contributed by atoms with van der Waals surface area (Å²) in [6, 6.07) is 13.3. The van der Waals surface area contributed by atoms with E-state index in [9.17, 15) is 9.18 Å². The first-order chi connectivity index (χ1) is 12.0. The first kappa shape index (κ1) is 16.5. The lowest BCUT2D eigenvalue weighted by atomic mass is 10.1. The van der Waals surface area contributed by atoms with Crippen LogP contribution >= 0.6 is 0 Å². The summed E-state index contributed by atoms with van der Waals surface area (Å²) >= 11 is 0. The highest BCUT2D eigenvalue weighted by Crippen LogP contribution is 2.20. The van der Waals surface area contributed by atoms with Crippen molar-refractivity contribution in [1.82, 2.24) is 14.3 Å². The summed E-state index contributed by atoms with van der Waals surface area (Å²) in [7, 11) is 1.58. The molecular formula is C18H15FN4O2. The van der Waals surface area contributed by atoms with Crippen LogP contribution in [0.2, 0.25) is 0 Å². The third kappa shape index (κ3) is 3.28. The number of ether oxygens (including phenoxy) is 1. The first-order valence-electron chi connectivity index (χ1n) is 7.54. The van der Waals surface area contributed by atoms with Crippen LogP contribution in [0.25, 0.3) is 5.69 Å². The van der Waals surface area contributed by atoms with E-state index in [1.807, 2.05) is 6.07 Å². The number of benzene rings is 2. The van der Waals surface area contributed by atoms with E-state index in [0.29, 0.717) is 17.1 Å². The highest BCUT2D eigenvalue weighted by Gasteiger charge is 2.13. The van der Waals surface area contributed by atoms with Gasteiger partial charge in [-0.1, -0.05) is 12.1 Å². The van der Waals surface area contributed by atoms with E-state index >= 15 is 0 Å². The maximum atomic E-state index is 14.4. The zero-order valence-electron chi connectivity index (χ0n) is 13.7. The summed E-state index contributed by atoms with van der Waals surface area (Å²) in [5, 5.41) is 12.9. The summed E-state index contributed by atoms with van der Waals surface area (Å²) < 4.78 is 22.3. The van der Waals surface area contributed by atoms with Crippen molar-refractivity contribution in [3.63, 3.8) is 0 Å². The Kier molecular flexibility index (Phi) is 4.35. The van der Waals surface area contributed by atoms with Gasteiger partial charge in [-0.3, -0.25) is 4.57 Å². The van der Waals surface area contributed by atoms with Crippen molar-refractivity contribution in [3.8, 4) is 17.5 Å². The molecule has 0 unspecified atom stereocenters. The van der Waals surface area contributed by atoms with Gasteiger partial charge in [-0.25, -0.2) is 9.18 Å². The number of rotatable bonds is 4. The van der Waals surface area contributed by atoms with Crippen LogP contribution in [0.5, 0.6) is 5.75 Å². The second-order valence-corrected chi connectivity index (χ2v) is 5.51. The van der Waals surface area contributed by atoms with Crippen LogP contribution in [0, 0.1) is 24.1 Å². The highest BCUT2D eigenvalue weighted by atomic mass is 19.1. The normalized spacial score (nSPS) is 10.5. The topological polar surface area (TPSA) is 72.8 Å². The Labute approximate surface area is 143 Å².